The monoisotopic (exact) mass is 256 g/mol. The van der Waals surface area contributed by atoms with Crippen LogP contribution in [0.25, 0.3) is 0 Å². The Hall–Kier alpha value is -0.670. The van der Waals surface area contributed by atoms with Crippen molar-refractivity contribution in [2.75, 3.05) is 7.11 Å². The molecule has 0 radical (unpaired) electrons. The molecule has 3 heteroatoms. The minimum atomic E-state index is 0.157. The van der Waals surface area contributed by atoms with Gasteiger partial charge in [0.25, 0.3) is 0 Å². The van der Waals surface area contributed by atoms with Crippen molar-refractivity contribution < 1.29 is 9.53 Å². The van der Waals surface area contributed by atoms with Crippen molar-refractivity contribution in [2.24, 2.45) is 0 Å². The van der Waals surface area contributed by atoms with Gasteiger partial charge in [0, 0.05) is 23.6 Å². The molecule has 1 aromatic rings. The lowest BCUT2D eigenvalue weighted by molar-refractivity contribution is 0.0983. The molecule has 0 saturated heterocycles. The Labute approximate surface area is 92.4 Å². The van der Waals surface area contributed by atoms with E-state index in [1.54, 1.807) is 7.11 Å². The molecule has 0 heterocycles. The van der Waals surface area contributed by atoms with Gasteiger partial charge in [-0.1, -0.05) is 22.9 Å². The summed E-state index contributed by atoms with van der Waals surface area (Å²) in [6.45, 7) is 2.33. The minimum absolute atomic E-state index is 0.157. The van der Waals surface area contributed by atoms with Crippen LogP contribution in [0.1, 0.15) is 29.3 Å². The number of hydrogen-bond acceptors (Lipinski definition) is 2. The number of benzene rings is 1. The van der Waals surface area contributed by atoms with Crippen LogP contribution in [-0.4, -0.2) is 12.9 Å². The van der Waals surface area contributed by atoms with Gasteiger partial charge in [-0.3, -0.25) is 4.79 Å². The molecule has 0 amide bonds. The Morgan fingerprint density at radius 2 is 2.21 bits per heavy atom. The van der Waals surface area contributed by atoms with E-state index in [1.807, 2.05) is 25.1 Å². The smallest absolute Gasteiger partial charge is 0.162 e. The highest BCUT2D eigenvalue weighted by atomic mass is 79.9. The summed E-state index contributed by atoms with van der Waals surface area (Å²) in [6, 6.07) is 5.64. The van der Waals surface area contributed by atoms with Crippen molar-refractivity contribution in [3.05, 3.63) is 33.8 Å². The third-order valence-corrected chi connectivity index (χ3v) is 2.48. The molecule has 1 rings (SSSR count). The van der Waals surface area contributed by atoms with E-state index in [-0.39, 0.29) is 5.78 Å². The average molecular weight is 257 g/mol. The van der Waals surface area contributed by atoms with E-state index in [0.29, 0.717) is 13.0 Å². The van der Waals surface area contributed by atoms with Gasteiger partial charge in [0.2, 0.25) is 0 Å². The predicted octanol–water partition coefficient (Wildman–Crippen LogP) is 3.19. The Balaban J connectivity index is 3.07. The van der Waals surface area contributed by atoms with Crippen molar-refractivity contribution >= 4 is 21.7 Å². The van der Waals surface area contributed by atoms with Crippen LogP contribution < -0.4 is 0 Å². The van der Waals surface area contributed by atoms with Crippen LogP contribution in [0.3, 0.4) is 0 Å². The van der Waals surface area contributed by atoms with Crippen LogP contribution in [0, 0.1) is 0 Å². The highest BCUT2D eigenvalue weighted by Gasteiger charge is 2.09. The van der Waals surface area contributed by atoms with Crippen molar-refractivity contribution in [1.29, 1.82) is 0 Å². The molecule has 0 bridgehead atoms. The maximum absolute atomic E-state index is 11.5. The maximum atomic E-state index is 11.5. The summed E-state index contributed by atoms with van der Waals surface area (Å²) in [4.78, 5) is 11.5. The van der Waals surface area contributed by atoms with Gasteiger partial charge in [-0.15, -0.1) is 0 Å². The van der Waals surface area contributed by atoms with Crippen molar-refractivity contribution in [3.63, 3.8) is 0 Å². The summed E-state index contributed by atoms with van der Waals surface area (Å²) in [6.07, 6.45) is 0.526. The Bertz CT molecular complexity index is 334. The number of rotatable bonds is 4. The van der Waals surface area contributed by atoms with Gasteiger partial charge in [0.1, 0.15) is 0 Å². The summed E-state index contributed by atoms with van der Waals surface area (Å²) in [5.41, 5.74) is 1.70. The number of hydrogen-bond donors (Lipinski definition) is 0. The fourth-order valence-corrected chi connectivity index (χ4v) is 1.71. The van der Waals surface area contributed by atoms with Gasteiger partial charge in [-0.25, -0.2) is 0 Å². The first-order valence-corrected chi connectivity index (χ1v) is 5.29. The van der Waals surface area contributed by atoms with E-state index in [0.717, 1.165) is 15.6 Å². The largest absolute Gasteiger partial charge is 0.380 e. The molecule has 1 aromatic carbocycles. The van der Waals surface area contributed by atoms with Crippen LogP contribution in [0.15, 0.2) is 22.7 Å². The number of carbonyl (C=O) groups is 1. The van der Waals surface area contributed by atoms with Crippen molar-refractivity contribution in [1.82, 2.24) is 0 Å². The first kappa shape index (κ1) is 11.4. The predicted molar refractivity (Wildman–Crippen MR) is 59.5 cm³/mol. The topological polar surface area (TPSA) is 26.3 Å². The Morgan fingerprint density at radius 1 is 1.50 bits per heavy atom. The van der Waals surface area contributed by atoms with Crippen LogP contribution in [0.2, 0.25) is 0 Å². The van der Waals surface area contributed by atoms with Crippen LogP contribution in [0.5, 0.6) is 0 Å². The van der Waals surface area contributed by atoms with E-state index in [2.05, 4.69) is 15.9 Å². The second-order valence-electron chi connectivity index (χ2n) is 3.01. The van der Waals surface area contributed by atoms with Crippen molar-refractivity contribution in [2.45, 2.75) is 20.0 Å². The second-order valence-corrected chi connectivity index (χ2v) is 3.93. The summed E-state index contributed by atoms with van der Waals surface area (Å²) in [7, 11) is 1.63. The van der Waals surface area contributed by atoms with E-state index in [1.165, 1.54) is 0 Å². The number of ketones is 1. The van der Waals surface area contributed by atoms with Crippen molar-refractivity contribution in [3.8, 4) is 0 Å². The standard InChI is InChI=1S/C11H13BrO2/c1-3-11(13)10-5-4-9(12)6-8(10)7-14-2/h4-6H,3,7H2,1-2H3. The average Bonchev–Trinajstić information content (AvgIpc) is 2.17. The molecule has 0 saturated carbocycles. The lowest BCUT2D eigenvalue weighted by Gasteiger charge is -2.07. The number of ether oxygens (including phenoxy) is 1. The van der Waals surface area contributed by atoms with E-state index in [4.69, 9.17) is 4.74 Å². The van der Waals surface area contributed by atoms with E-state index in [9.17, 15) is 4.79 Å². The van der Waals surface area contributed by atoms with Gasteiger partial charge in [-0.05, 0) is 23.8 Å². The highest BCUT2D eigenvalue weighted by Crippen LogP contribution is 2.18. The Morgan fingerprint density at radius 3 is 2.79 bits per heavy atom. The van der Waals surface area contributed by atoms with Gasteiger partial charge in [0.15, 0.2) is 5.78 Å². The zero-order valence-corrected chi connectivity index (χ0v) is 9.93. The third kappa shape index (κ3) is 2.66. The lowest BCUT2D eigenvalue weighted by atomic mass is 10.0. The molecule has 0 spiro atoms. The molecule has 0 aliphatic rings. The molecule has 14 heavy (non-hydrogen) atoms. The molecule has 0 N–H and O–H groups in total. The van der Waals surface area contributed by atoms with Gasteiger partial charge < -0.3 is 4.74 Å². The van der Waals surface area contributed by atoms with Crippen LogP contribution >= 0.6 is 15.9 Å². The van der Waals surface area contributed by atoms with Gasteiger partial charge in [0.05, 0.1) is 6.61 Å². The first-order chi connectivity index (χ1) is 6.69. The molecule has 0 fully saturated rings. The molecule has 0 unspecified atom stereocenters. The highest BCUT2D eigenvalue weighted by molar-refractivity contribution is 9.10. The van der Waals surface area contributed by atoms with Gasteiger partial charge in [-0.2, -0.15) is 0 Å². The molecule has 2 nitrogen and oxygen atoms in total. The number of methoxy groups -OCH3 is 1. The number of carbonyl (C=O) groups excluding carboxylic acids is 1. The van der Waals surface area contributed by atoms with E-state index >= 15 is 0 Å². The summed E-state index contributed by atoms with van der Waals surface area (Å²) >= 11 is 3.37. The summed E-state index contributed by atoms with van der Waals surface area (Å²) < 4.78 is 6.01. The van der Waals surface area contributed by atoms with Crippen LogP contribution in [-0.2, 0) is 11.3 Å². The zero-order chi connectivity index (χ0) is 10.6. The SMILES string of the molecule is CCC(=O)c1ccc(Br)cc1COC. The number of halogens is 1. The molecule has 0 aromatic heterocycles. The number of Topliss-reactive ketones (excluding diaryl/α,β-unsaturated/α-hetero) is 1. The summed E-state index contributed by atoms with van der Waals surface area (Å²) in [5, 5.41) is 0. The molecule has 0 atom stereocenters. The summed E-state index contributed by atoms with van der Waals surface area (Å²) in [5.74, 6) is 0.157. The minimum Gasteiger partial charge on any atom is -0.380 e. The maximum Gasteiger partial charge on any atom is 0.162 e. The third-order valence-electron chi connectivity index (χ3n) is 1.99. The molecule has 0 aliphatic carbocycles. The zero-order valence-electron chi connectivity index (χ0n) is 8.34. The van der Waals surface area contributed by atoms with E-state index < -0.39 is 0 Å². The molecular weight excluding hydrogens is 244 g/mol. The fourth-order valence-electron chi connectivity index (χ4n) is 1.30. The molecule has 0 aliphatic heterocycles. The quantitative estimate of drug-likeness (QED) is 0.774. The lowest BCUT2D eigenvalue weighted by Crippen LogP contribution is -2.03. The molecule has 76 valence electrons. The van der Waals surface area contributed by atoms with Crippen LogP contribution in [0.4, 0.5) is 0 Å². The second kappa shape index (κ2) is 5.27. The normalized spacial score (nSPS) is 10.2. The van der Waals surface area contributed by atoms with Gasteiger partial charge >= 0.3 is 0 Å². The Kier molecular flexibility index (Phi) is 4.29. The molecular formula is C11H13BrO2. The fraction of sp³-hybridized carbons (Fsp3) is 0.364. The first-order valence-electron chi connectivity index (χ1n) is 4.49.